The Bertz CT molecular complexity index is 792. The van der Waals surface area contributed by atoms with Gasteiger partial charge < -0.3 is 21.1 Å². The lowest BCUT2D eigenvalue weighted by atomic mass is 10.3. The lowest BCUT2D eigenvalue weighted by Crippen LogP contribution is -2.23. The van der Waals surface area contributed by atoms with Crippen LogP contribution in [0.4, 0.5) is 30.2 Å². The molecule has 0 aromatic heterocycles. The van der Waals surface area contributed by atoms with Gasteiger partial charge in [0.2, 0.25) is 0 Å². The third-order valence-corrected chi connectivity index (χ3v) is 3.16. The highest BCUT2D eigenvalue weighted by atomic mass is 19.4. The Kier molecular flexibility index (Phi) is 6.41. The van der Waals surface area contributed by atoms with E-state index in [2.05, 4.69) is 20.4 Å². The number of ether oxygens (including phenoxy) is 1. The molecular formula is C16H16F3N5O3. The van der Waals surface area contributed by atoms with Gasteiger partial charge in [0.25, 0.3) is 5.69 Å². The number of nitrogens with two attached hydrogens (primary N) is 1. The zero-order valence-electron chi connectivity index (χ0n) is 13.9. The van der Waals surface area contributed by atoms with Crippen molar-refractivity contribution in [2.45, 2.75) is 6.36 Å². The summed E-state index contributed by atoms with van der Waals surface area (Å²) in [5.41, 5.74) is 6.85. The summed E-state index contributed by atoms with van der Waals surface area (Å²) in [6.07, 6.45) is -4.74. The molecule has 0 fully saturated rings. The number of halogens is 3. The first-order valence-electron chi connectivity index (χ1n) is 7.64. The molecular weight excluding hydrogens is 367 g/mol. The Balaban J connectivity index is 1.78. The molecule has 0 saturated carbocycles. The van der Waals surface area contributed by atoms with Crippen molar-refractivity contribution in [3.63, 3.8) is 0 Å². The molecule has 2 rings (SSSR count). The fraction of sp³-hybridized carbons (Fsp3) is 0.188. The lowest BCUT2D eigenvalue weighted by Gasteiger charge is -2.10. The number of hydrogen-bond acceptors (Lipinski definition) is 5. The summed E-state index contributed by atoms with van der Waals surface area (Å²) in [5.74, 6) is -0.249. The van der Waals surface area contributed by atoms with Crippen LogP contribution >= 0.6 is 0 Å². The molecule has 2 aromatic carbocycles. The van der Waals surface area contributed by atoms with Crippen LogP contribution in [0.1, 0.15) is 0 Å². The van der Waals surface area contributed by atoms with Gasteiger partial charge in [0, 0.05) is 30.1 Å². The van der Waals surface area contributed by atoms with E-state index in [-0.39, 0.29) is 17.4 Å². The maximum Gasteiger partial charge on any atom is 0.573 e. The highest BCUT2D eigenvalue weighted by molar-refractivity contribution is 5.92. The number of alkyl halides is 3. The number of guanidine groups is 1. The number of aliphatic imine (C=N–C) groups is 1. The van der Waals surface area contributed by atoms with Crippen LogP contribution in [0.15, 0.2) is 53.5 Å². The van der Waals surface area contributed by atoms with E-state index in [0.29, 0.717) is 24.5 Å². The number of hydrogen-bond donors (Lipinski definition) is 3. The van der Waals surface area contributed by atoms with Gasteiger partial charge >= 0.3 is 6.36 Å². The van der Waals surface area contributed by atoms with E-state index in [1.165, 1.54) is 24.3 Å². The fourth-order valence-electron chi connectivity index (χ4n) is 2.00. The summed E-state index contributed by atoms with van der Waals surface area (Å²) in [6.45, 7) is 0.740. The second kappa shape index (κ2) is 8.74. The molecule has 0 radical (unpaired) electrons. The number of anilines is 2. The molecule has 4 N–H and O–H groups in total. The second-order valence-corrected chi connectivity index (χ2v) is 5.19. The quantitative estimate of drug-likeness (QED) is 0.222. The summed E-state index contributed by atoms with van der Waals surface area (Å²) < 4.78 is 40.0. The molecule has 0 bridgehead atoms. The molecule has 0 unspecified atom stereocenters. The predicted molar refractivity (Wildman–Crippen MR) is 94.8 cm³/mol. The van der Waals surface area contributed by atoms with Crippen molar-refractivity contribution >= 4 is 23.0 Å². The van der Waals surface area contributed by atoms with E-state index < -0.39 is 11.3 Å². The fourth-order valence-corrected chi connectivity index (χ4v) is 2.00. The number of nitro benzene ring substituents is 1. The molecule has 0 aliphatic rings. The molecule has 0 heterocycles. The van der Waals surface area contributed by atoms with Crippen LogP contribution < -0.4 is 21.1 Å². The molecule has 11 heteroatoms. The molecule has 0 aliphatic carbocycles. The van der Waals surface area contributed by atoms with E-state index in [4.69, 9.17) is 5.73 Å². The smallest absolute Gasteiger partial charge is 0.406 e. The Morgan fingerprint density at radius 2 is 1.70 bits per heavy atom. The maximum atomic E-state index is 12.1. The Labute approximate surface area is 152 Å². The van der Waals surface area contributed by atoms with Crippen LogP contribution in [0.25, 0.3) is 0 Å². The molecule has 0 spiro atoms. The SMILES string of the molecule is NC(=NCCNc1ccc([N+](=O)[O-])cc1)Nc1ccc(OC(F)(F)F)cc1. The number of nitrogens with one attached hydrogen (secondary N) is 2. The number of benzene rings is 2. The van der Waals surface area contributed by atoms with Crippen LogP contribution in [0.2, 0.25) is 0 Å². The summed E-state index contributed by atoms with van der Waals surface area (Å²) in [7, 11) is 0. The first kappa shape index (κ1) is 19.8. The summed E-state index contributed by atoms with van der Waals surface area (Å²) in [5, 5.41) is 16.3. The first-order chi connectivity index (χ1) is 12.7. The van der Waals surface area contributed by atoms with Crippen LogP contribution in [0.5, 0.6) is 5.75 Å². The van der Waals surface area contributed by atoms with Gasteiger partial charge in [-0.2, -0.15) is 0 Å². The average Bonchev–Trinajstić information content (AvgIpc) is 2.59. The molecule has 8 nitrogen and oxygen atoms in total. The minimum absolute atomic E-state index is 0.00123. The second-order valence-electron chi connectivity index (χ2n) is 5.19. The van der Waals surface area contributed by atoms with E-state index >= 15 is 0 Å². The van der Waals surface area contributed by atoms with Gasteiger partial charge in [-0.15, -0.1) is 13.2 Å². The summed E-state index contributed by atoms with van der Waals surface area (Å²) in [6, 6.07) is 11.0. The minimum atomic E-state index is -4.74. The van der Waals surface area contributed by atoms with E-state index in [1.54, 1.807) is 12.1 Å². The van der Waals surface area contributed by atoms with E-state index in [0.717, 1.165) is 12.1 Å². The highest BCUT2D eigenvalue weighted by Gasteiger charge is 2.30. The molecule has 144 valence electrons. The number of non-ortho nitro benzene ring substituents is 1. The predicted octanol–water partition coefficient (Wildman–Crippen LogP) is 3.33. The average molecular weight is 383 g/mol. The highest BCUT2D eigenvalue weighted by Crippen LogP contribution is 2.23. The zero-order valence-corrected chi connectivity index (χ0v) is 13.9. The van der Waals surface area contributed by atoms with Crippen LogP contribution in [-0.4, -0.2) is 30.3 Å². The normalized spacial score (nSPS) is 11.7. The standard InChI is InChI=1S/C16H16F3N5O3/c17-16(18,19)27-14-7-3-12(4-8-14)23-15(20)22-10-9-21-11-1-5-13(6-2-11)24(25)26/h1-8,21H,9-10H2,(H3,20,22,23). The first-order valence-corrected chi connectivity index (χ1v) is 7.64. The van der Waals surface area contributed by atoms with Crippen molar-refractivity contribution in [2.75, 3.05) is 23.7 Å². The van der Waals surface area contributed by atoms with Crippen LogP contribution in [0, 0.1) is 10.1 Å². The van der Waals surface area contributed by atoms with E-state index in [9.17, 15) is 23.3 Å². The van der Waals surface area contributed by atoms with Gasteiger partial charge in [-0.05, 0) is 36.4 Å². The molecule has 0 amide bonds. The Morgan fingerprint density at radius 1 is 1.11 bits per heavy atom. The minimum Gasteiger partial charge on any atom is -0.406 e. The van der Waals surface area contributed by atoms with Gasteiger partial charge in [-0.1, -0.05) is 0 Å². The molecule has 0 aliphatic heterocycles. The van der Waals surface area contributed by atoms with Gasteiger partial charge in [0.05, 0.1) is 11.5 Å². The number of nitro groups is 1. The topological polar surface area (TPSA) is 115 Å². The Hall–Kier alpha value is -3.50. The van der Waals surface area contributed by atoms with Crippen LogP contribution in [0.3, 0.4) is 0 Å². The van der Waals surface area contributed by atoms with Crippen molar-refractivity contribution in [1.82, 2.24) is 0 Å². The maximum absolute atomic E-state index is 12.1. The van der Waals surface area contributed by atoms with Crippen LogP contribution in [-0.2, 0) is 0 Å². The third kappa shape index (κ3) is 7.10. The molecule has 2 aromatic rings. The van der Waals surface area contributed by atoms with Gasteiger partial charge in [-0.25, -0.2) is 0 Å². The zero-order chi connectivity index (χ0) is 19.9. The van der Waals surface area contributed by atoms with Gasteiger partial charge in [-0.3, -0.25) is 15.1 Å². The largest absolute Gasteiger partial charge is 0.573 e. The monoisotopic (exact) mass is 383 g/mol. The third-order valence-electron chi connectivity index (χ3n) is 3.16. The Morgan fingerprint density at radius 3 is 2.26 bits per heavy atom. The van der Waals surface area contributed by atoms with Gasteiger partial charge in [0.15, 0.2) is 5.96 Å². The number of rotatable bonds is 7. The van der Waals surface area contributed by atoms with Crippen molar-refractivity contribution in [2.24, 2.45) is 10.7 Å². The lowest BCUT2D eigenvalue weighted by molar-refractivity contribution is -0.384. The van der Waals surface area contributed by atoms with E-state index in [1.807, 2.05) is 0 Å². The van der Waals surface area contributed by atoms with Crippen molar-refractivity contribution in [3.05, 3.63) is 58.6 Å². The van der Waals surface area contributed by atoms with Crippen molar-refractivity contribution in [3.8, 4) is 5.75 Å². The van der Waals surface area contributed by atoms with Gasteiger partial charge in [0.1, 0.15) is 5.75 Å². The summed E-state index contributed by atoms with van der Waals surface area (Å²) in [4.78, 5) is 14.1. The molecule has 27 heavy (non-hydrogen) atoms. The van der Waals surface area contributed by atoms with Crippen molar-refractivity contribution in [1.29, 1.82) is 0 Å². The molecule has 0 saturated heterocycles. The van der Waals surface area contributed by atoms with Crippen molar-refractivity contribution < 1.29 is 22.8 Å². The summed E-state index contributed by atoms with van der Waals surface area (Å²) >= 11 is 0. The number of nitrogens with zero attached hydrogens (tertiary/aromatic N) is 2. The molecule has 0 atom stereocenters.